The maximum atomic E-state index is 8.74. The van der Waals surface area contributed by atoms with E-state index in [0.717, 1.165) is 0 Å². The van der Waals surface area contributed by atoms with Crippen LogP contribution in [0.3, 0.4) is 0 Å². The fourth-order valence-corrected chi connectivity index (χ4v) is 0. The second kappa shape index (κ2) is 43.1. The van der Waals surface area contributed by atoms with E-state index in [1.807, 2.05) is 0 Å². The van der Waals surface area contributed by atoms with Gasteiger partial charge in [0.15, 0.2) is 0 Å². The Balaban J connectivity index is -0.0000000150. The van der Waals surface area contributed by atoms with Gasteiger partial charge < -0.3 is 54.8 Å². The molecule has 0 aromatic carbocycles. The number of hydrogen-bond acceptors (Lipinski definition) is 10. The molecule has 0 atom stereocenters. The van der Waals surface area contributed by atoms with E-state index in [1.165, 1.54) is 0 Å². The van der Waals surface area contributed by atoms with E-state index in [2.05, 4.69) is 0 Å². The van der Waals surface area contributed by atoms with Crippen molar-refractivity contribution in [2.24, 2.45) is 0 Å². The van der Waals surface area contributed by atoms with E-state index in [-0.39, 0.29) is 109 Å². The zero-order chi connectivity index (χ0) is 14.3. The third-order valence-electron chi connectivity index (χ3n) is 0. The maximum absolute atomic E-state index is 8.74. The fraction of sp³-hybridized carbons (Fsp3) is 0. The Morgan fingerprint density at radius 3 is 0.550 bits per heavy atom. The van der Waals surface area contributed by atoms with Gasteiger partial charge in [0.1, 0.15) is 0 Å². The summed E-state index contributed by atoms with van der Waals surface area (Å²) in [6, 6.07) is 0. The van der Waals surface area contributed by atoms with Crippen LogP contribution in [-0.4, -0.2) is 155 Å². The van der Waals surface area contributed by atoms with E-state index in [1.54, 1.807) is 0 Å². The molecule has 0 bridgehead atoms. The van der Waals surface area contributed by atoms with Crippen LogP contribution in [0.4, 0.5) is 0 Å². The van der Waals surface area contributed by atoms with Crippen LogP contribution in [0.2, 0.25) is 0 Å². The third kappa shape index (κ3) is 898. The first-order valence-electron chi connectivity index (χ1n) is 2.98. The van der Waals surface area contributed by atoms with Crippen LogP contribution in [0.1, 0.15) is 0 Å². The van der Waals surface area contributed by atoms with Crippen molar-refractivity contribution in [1.82, 2.24) is 0 Å². The Bertz CT molecular complexity index is 115. The molecule has 0 saturated carbocycles. The first kappa shape index (κ1) is 49.5. The summed E-state index contributed by atoms with van der Waals surface area (Å²) in [6.45, 7) is 0. The van der Waals surface area contributed by atoms with Crippen molar-refractivity contribution in [2.45, 2.75) is 0 Å². The molecule has 11 N–H and O–H groups in total. The van der Waals surface area contributed by atoms with Gasteiger partial charge in [-0.15, -0.1) is 0 Å². The first-order valence-corrected chi connectivity index (χ1v) is 4.28. The summed E-state index contributed by atoms with van der Waals surface area (Å²) < 4.78 is 8.74. The summed E-state index contributed by atoms with van der Waals surface area (Å²) in [5.41, 5.74) is 0. The molecule has 116 valence electrons. The van der Waals surface area contributed by atoms with Gasteiger partial charge in [0.2, 0.25) is 0 Å². The van der Waals surface area contributed by atoms with Crippen LogP contribution >= 0.6 is 0 Å². The fourth-order valence-electron chi connectivity index (χ4n) is 0. The molecule has 0 aliphatic carbocycles. The average molecular weight is 500 g/mol. The summed E-state index contributed by atoms with van der Waals surface area (Å²) >= 11 is 0. The van der Waals surface area contributed by atoms with E-state index < -0.39 is 31.1 Å². The molecule has 0 aromatic rings. The molecule has 0 heterocycles. The van der Waals surface area contributed by atoms with Gasteiger partial charge >= 0.3 is 100 Å². The minimum absolute atomic E-state index is 0. The Morgan fingerprint density at radius 1 is 0.550 bits per heavy atom. The van der Waals surface area contributed by atoms with Crippen LogP contribution in [0, 0.1) is 39.9 Å². The molecule has 0 unspecified atom stereocenters. The van der Waals surface area contributed by atoms with Crippen LogP contribution in [-0.2, 0) is 4.46 Å². The Morgan fingerprint density at radius 2 is 0.550 bits per heavy atom. The molecule has 0 spiro atoms. The van der Waals surface area contributed by atoms with Gasteiger partial charge in [-0.1, -0.05) is 0 Å². The van der Waals surface area contributed by atoms with Gasteiger partial charge in [0.05, 0.1) is 0 Å². The van der Waals surface area contributed by atoms with Gasteiger partial charge in [0, 0.05) is 39.9 Å². The van der Waals surface area contributed by atoms with Crippen molar-refractivity contribution in [1.29, 1.82) is 0 Å². The summed E-state index contributed by atoms with van der Waals surface area (Å²) in [4.78, 5) is 14.3. The molecule has 0 fully saturated rings. The SMILES string of the molecule is O=[Si](O)O.OB(O)O.OB(O)O.OB(O)O.[Gd].[MgH2].[MgH2].[MgH2]. The van der Waals surface area contributed by atoms with Gasteiger partial charge in [-0.05, 0) is 0 Å². The minimum Gasteiger partial charge on any atom is -0.511 e. The van der Waals surface area contributed by atoms with Crippen LogP contribution < -0.4 is 0 Å². The van der Waals surface area contributed by atoms with Crippen molar-refractivity contribution in [3.8, 4) is 0 Å². The smallest absolute Gasteiger partial charge is 0.511 e. The second-order valence-corrected chi connectivity index (χ2v) is 1.89. The summed E-state index contributed by atoms with van der Waals surface area (Å²) in [6.07, 6.45) is 0. The van der Waals surface area contributed by atoms with E-state index in [4.69, 9.17) is 59.3 Å². The van der Waals surface area contributed by atoms with Crippen molar-refractivity contribution in [2.75, 3.05) is 0 Å². The van der Waals surface area contributed by atoms with Gasteiger partial charge in [-0.3, -0.25) is 4.46 Å². The molecule has 0 aliphatic heterocycles. The summed E-state index contributed by atoms with van der Waals surface area (Å²) in [5, 5.41) is 64.5. The van der Waals surface area contributed by atoms with Crippen LogP contribution in [0.15, 0.2) is 0 Å². The minimum atomic E-state index is -3.13. The zero-order valence-electron chi connectivity index (χ0n) is 7.91. The number of hydrogen-bond donors (Lipinski definition) is 11. The molecule has 0 aliphatic rings. The quantitative estimate of drug-likeness (QED) is 0.139. The largest absolute Gasteiger partial charge is 0.761 e. The Hall–Kier alpha value is 3.08. The van der Waals surface area contributed by atoms with Crippen LogP contribution in [0.25, 0.3) is 0 Å². The average Bonchev–Trinajstić information content (AvgIpc) is 1.76. The molecule has 0 amide bonds. The monoisotopic (exact) mass is 500 g/mol. The normalized spacial score (nSPS) is 5.25. The topological polar surface area (TPSA) is 240 Å². The molecule has 0 aromatic heterocycles. The molecule has 0 radical (unpaired) electrons. The predicted octanol–water partition coefficient (Wildman–Crippen LogP) is -10.5. The zero-order valence-corrected chi connectivity index (χ0v) is 11.2. The van der Waals surface area contributed by atoms with E-state index in [0.29, 0.717) is 0 Å². The summed E-state index contributed by atoms with van der Waals surface area (Å²) in [5.74, 6) is 0. The molecule has 20 heavy (non-hydrogen) atoms. The molecule has 20 heteroatoms. The maximum Gasteiger partial charge on any atom is 0.761 e. The van der Waals surface area contributed by atoms with Gasteiger partial charge in [-0.2, -0.15) is 0 Å². The van der Waals surface area contributed by atoms with Gasteiger partial charge in [-0.25, -0.2) is 0 Å². The molecule has 12 nitrogen and oxygen atoms in total. The molecule has 0 rings (SSSR count). The molecular weight excluding hydrogens is 483 g/mol. The Labute approximate surface area is 196 Å². The Kier molecular flexibility index (Phi) is 107. The second-order valence-electron chi connectivity index (χ2n) is 1.32. The van der Waals surface area contributed by atoms with Crippen molar-refractivity contribution < 1.29 is 99.2 Å². The van der Waals surface area contributed by atoms with Crippen molar-refractivity contribution >= 4 is 100 Å². The predicted molar refractivity (Wildman–Crippen MR) is 73.7 cm³/mol. The van der Waals surface area contributed by atoms with Crippen LogP contribution in [0.5, 0.6) is 0 Å². The van der Waals surface area contributed by atoms with E-state index >= 15 is 0 Å². The van der Waals surface area contributed by atoms with Crippen molar-refractivity contribution in [3.63, 3.8) is 0 Å². The third-order valence-corrected chi connectivity index (χ3v) is 0. The standard InChI is InChI=1S/3BH3O3.Gd.3Mg.H2O3Si.6H/c3*2-1(3)4;;;;;1-4(2)3;;;;;;/h3*2-4H;;;;;1-2H;;;;;;. The van der Waals surface area contributed by atoms with E-state index in [9.17, 15) is 0 Å². The van der Waals surface area contributed by atoms with Crippen molar-refractivity contribution in [3.05, 3.63) is 0 Å². The van der Waals surface area contributed by atoms with Gasteiger partial charge in [0.25, 0.3) is 0 Å². The first-order chi connectivity index (χ1) is 6.93. The summed E-state index contributed by atoms with van der Waals surface area (Å²) in [7, 11) is -9.63. The molecular formula is H17B3GdMg3O12Si. The molecule has 0 saturated heterocycles. The number of rotatable bonds is 0.